The quantitative estimate of drug-likeness (QED) is 0.318. The Balaban J connectivity index is 1.59. The van der Waals surface area contributed by atoms with Gasteiger partial charge in [-0.2, -0.15) is 13.2 Å². The number of hydrogen-bond acceptors (Lipinski definition) is 6. The van der Waals surface area contributed by atoms with E-state index in [1.54, 1.807) is 0 Å². The molecule has 1 saturated carbocycles. The maximum absolute atomic E-state index is 13.5. The van der Waals surface area contributed by atoms with Crippen LogP contribution in [0.15, 0.2) is 24.4 Å². The molecule has 0 radical (unpaired) electrons. The zero-order valence-corrected chi connectivity index (χ0v) is 28.2. The average molecular weight is 645 g/mol. The lowest BCUT2D eigenvalue weighted by molar-refractivity contribution is -0.137. The molecule has 45 heavy (non-hydrogen) atoms. The van der Waals surface area contributed by atoms with Gasteiger partial charge in [0.15, 0.2) is 8.32 Å². The van der Waals surface area contributed by atoms with E-state index in [1.807, 2.05) is 0 Å². The fourth-order valence-corrected chi connectivity index (χ4v) is 8.59. The molecule has 1 unspecified atom stereocenters. The van der Waals surface area contributed by atoms with E-state index in [-0.39, 0.29) is 28.2 Å². The van der Waals surface area contributed by atoms with Gasteiger partial charge in [-0.15, -0.1) is 0 Å². The van der Waals surface area contributed by atoms with Crippen LogP contribution in [0.1, 0.15) is 123 Å². The third-order valence-electron chi connectivity index (χ3n) is 11.1. The van der Waals surface area contributed by atoms with Crippen LogP contribution < -0.4 is 0 Å². The second-order valence-corrected chi connectivity index (χ2v) is 19.8. The highest BCUT2D eigenvalue weighted by Gasteiger charge is 2.50. The molecule has 0 bridgehead atoms. The summed E-state index contributed by atoms with van der Waals surface area (Å²) in [6, 6.07) is 2.30. The van der Waals surface area contributed by atoms with Gasteiger partial charge < -0.3 is 19.0 Å². The number of aliphatic hydroxyl groups excluding tert-OH is 1. The maximum Gasteiger partial charge on any atom is 0.417 e. The summed E-state index contributed by atoms with van der Waals surface area (Å²) >= 11 is 0. The zero-order valence-electron chi connectivity index (χ0n) is 27.2. The third kappa shape index (κ3) is 6.42. The smallest absolute Gasteiger partial charge is 0.410 e. The largest absolute Gasteiger partial charge is 0.417 e. The van der Waals surface area contributed by atoms with Gasteiger partial charge in [0, 0.05) is 42.1 Å². The van der Waals surface area contributed by atoms with Crippen molar-refractivity contribution < 1.29 is 32.2 Å². The van der Waals surface area contributed by atoms with Gasteiger partial charge in [0.1, 0.15) is 6.10 Å². The fraction of sp³-hybridized carbons (Fsp3) is 0.657. The first-order chi connectivity index (χ1) is 21.2. The molecule has 10 heteroatoms. The van der Waals surface area contributed by atoms with Gasteiger partial charge in [-0.25, -0.2) is 0 Å². The molecule has 2 atom stereocenters. The van der Waals surface area contributed by atoms with Gasteiger partial charge in [-0.1, -0.05) is 33.3 Å². The molecule has 1 N–H and O–H groups in total. The van der Waals surface area contributed by atoms with Crippen molar-refractivity contribution in [1.29, 1.82) is 0 Å². The number of nitrogens with zero attached hydrogens (tertiary/aromatic N) is 2. The number of rotatable bonds is 6. The van der Waals surface area contributed by atoms with Crippen LogP contribution >= 0.6 is 0 Å². The summed E-state index contributed by atoms with van der Waals surface area (Å²) < 4.78 is 59.1. The van der Waals surface area contributed by atoms with Gasteiger partial charge in [0.05, 0.1) is 36.3 Å². The first kappa shape index (κ1) is 32.8. The van der Waals surface area contributed by atoms with E-state index in [0.717, 1.165) is 78.9 Å². The summed E-state index contributed by atoms with van der Waals surface area (Å²) in [5.74, 6) is 0.0568. The summed E-state index contributed by atoms with van der Waals surface area (Å²) in [5.41, 5.74) is 5.15. The lowest BCUT2D eigenvalue weighted by Gasteiger charge is -2.51. The van der Waals surface area contributed by atoms with Crippen LogP contribution in [0.5, 0.6) is 0 Å². The summed E-state index contributed by atoms with van der Waals surface area (Å²) in [7, 11) is -2.23. The molecule has 2 aromatic rings. The van der Waals surface area contributed by atoms with Crippen molar-refractivity contribution in [2.45, 2.75) is 115 Å². The lowest BCUT2D eigenvalue weighted by Crippen LogP contribution is -2.46. The van der Waals surface area contributed by atoms with E-state index < -0.39 is 26.2 Å². The second kappa shape index (κ2) is 12.2. The highest BCUT2D eigenvalue weighted by atomic mass is 28.4. The maximum atomic E-state index is 13.5. The minimum atomic E-state index is -4.51. The molecule has 1 spiro atoms. The molecule has 2 aromatic heterocycles. The van der Waals surface area contributed by atoms with E-state index in [4.69, 9.17) is 18.9 Å². The van der Waals surface area contributed by atoms with E-state index >= 15 is 0 Å². The predicted octanol–water partition coefficient (Wildman–Crippen LogP) is 8.45. The van der Waals surface area contributed by atoms with Gasteiger partial charge >= 0.3 is 6.18 Å². The molecular weight excluding hydrogens is 597 g/mol. The minimum absolute atomic E-state index is 0.00252. The normalized spacial score (nSPS) is 23.3. The summed E-state index contributed by atoms with van der Waals surface area (Å²) in [6.45, 7) is 13.5. The summed E-state index contributed by atoms with van der Waals surface area (Å²) in [5, 5.41) is 12.2. The Hall–Kier alpha value is -2.11. The Morgan fingerprint density at radius 2 is 1.80 bits per heavy atom. The van der Waals surface area contributed by atoms with Crippen molar-refractivity contribution in [3.63, 3.8) is 0 Å². The Morgan fingerprint density at radius 1 is 1.07 bits per heavy atom. The van der Waals surface area contributed by atoms with E-state index in [1.165, 1.54) is 12.5 Å². The second-order valence-electron chi connectivity index (χ2n) is 15.1. The topological polar surface area (TPSA) is 73.7 Å². The molecule has 2 fully saturated rings. The molecule has 6 nitrogen and oxygen atoms in total. The van der Waals surface area contributed by atoms with E-state index in [2.05, 4.69) is 44.9 Å². The number of hydrogen-bond donors (Lipinski definition) is 1. The molecule has 246 valence electrons. The number of halogens is 3. The van der Waals surface area contributed by atoms with Crippen molar-refractivity contribution >= 4 is 13.9 Å². The van der Waals surface area contributed by atoms with Crippen LogP contribution in [-0.4, -0.2) is 49.8 Å². The standard InChI is InChI=1S/C35H47F3N2O4Si/c1-33(2,3)45(4,5)44-27-20-34(13-6-14-34)19-26-29(27)28(22-9-15-42-16-10-22)30(31(40-26)23-11-17-43-18-12-23)32(41)25-8-7-24(21-39-25)35(36,37)38/h7-9,21,23,27,32,41H,6,10-20H2,1-5H3/t27?,32-/m1/s1. The first-order valence-electron chi connectivity index (χ1n) is 16.5. The molecule has 2 aliphatic carbocycles. The third-order valence-corrected chi connectivity index (χ3v) is 15.6. The molecule has 0 aromatic carbocycles. The number of alkyl halides is 3. The Kier molecular flexibility index (Phi) is 8.87. The minimum Gasteiger partial charge on any atom is -0.410 e. The molecule has 6 rings (SSSR count). The molecule has 0 amide bonds. The van der Waals surface area contributed by atoms with Crippen LogP contribution in [0.2, 0.25) is 18.1 Å². The Labute approximate surface area is 265 Å². The van der Waals surface area contributed by atoms with Crippen LogP contribution in [0.3, 0.4) is 0 Å². The predicted molar refractivity (Wildman–Crippen MR) is 169 cm³/mol. The SMILES string of the molecule is CC(C)(C)[Si](C)(C)OC1CC2(CCC2)Cc2nc(C3CCOCC3)c([C@H](O)c3ccc(C(F)(F)F)cn3)c(C3=CCOCC3)c21. The van der Waals surface area contributed by atoms with Gasteiger partial charge in [0.25, 0.3) is 0 Å². The van der Waals surface area contributed by atoms with Gasteiger partial charge in [-0.05, 0) is 91.8 Å². The van der Waals surface area contributed by atoms with Crippen molar-refractivity contribution in [3.05, 3.63) is 63.7 Å². The van der Waals surface area contributed by atoms with Crippen molar-refractivity contribution in [3.8, 4) is 0 Å². The number of fused-ring (bicyclic) bond motifs is 1. The first-order valence-corrected chi connectivity index (χ1v) is 19.4. The molecule has 1 saturated heterocycles. The highest BCUT2D eigenvalue weighted by Crippen LogP contribution is 2.58. The van der Waals surface area contributed by atoms with Gasteiger partial charge in [-0.3, -0.25) is 9.97 Å². The highest BCUT2D eigenvalue weighted by molar-refractivity contribution is 6.74. The fourth-order valence-electron chi connectivity index (χ4n) is 7.32. The number of ether oxygens (including phenoxy) is 2. The Morgan fingerprint density at radius 3 is 2.36 bits per heavy atom. The summed E-state index contributed by atoms with van der Waals surface area (Å²) in [4.78, 5) is 9.64. The molecule has 4 heterocycles. The molecular formula is C35H47F3N2O4Si. The van der Waals surface area contributed by atoms with Crippen molar-refractivity contribution in [2.75, 3.05) is 26.4 Å². The van der Waals surface area contributed by atoms with Gasteiger partial charge in [0.2, 0.25) is 0 Å². The van der Waals surface area contributed by atoms with Crippen LogP contribution in [0.25, 0.3) is 5.57 Å². The zero-order chi connectivity index (χ0) is 32.2. The van der Waals surface area contributed by atoms with Crippen molar-refractivity contribution in [2.24, 2.45) is 5.41 Å². The summed E-state index contributed by atoms with van der Waals surface area (Å²) in [6.07, 6.45) is 4.47. The monoisotopic (exact) mass is 644 g/mol. The van der Waals surface area contributed by atoms with Crippen LogP contribution in [-0.2, 0) is 26.5 Å². The Bertz CT molecular complexity index is 1420. The number of aliphatic hydroxyl groups is 1. The van der Waals surface area contributed by atoms with E-state index in [0.29, 0.717) is 38.4 Å². The molecule has 4 aliphatic rings. The lowest BCUT2D eigenvalue weighted by atomic mass is 9.59. The van der Waals surface area contributed by atoms with E-state index in [9.17, 15) is 18.3 Å². The average Bonchev–Trinajstić information content (AvgIpc) is 2.98. The van der Waals surface area contributed by atoms with Crippen LogP contribution in [0.4, 0.5) is 13.2 Å². The number of aromatic nitrogens is 2. The van der Waals surface area contributed by atoms with Crippen LogP contribution in [0, 0.1) is 5.41 Å². The number of pyridine rings is 2. The van der Waals surface area contributed by atoms with Crippen molar-refractivity contribution in [1.82, 2.24) is 9.97 Å². The molecule has 2 aliphatic heterocycles.